The highest BCUT2D eigenvalue weighted by Gasteiger charge is 2.26. The highest BCUT2D eigenvalue weighted by molar-refractivity contribution is 7.88. The number of hydrogen-bond acceptors (Lipinski definition) is 6. The summed E-state index contributed by atoms with van der Waals surface area (Å²) in [4.78, 5) is 16.0. The molecule has 2 aromatic heterocycles. The summed E-state index contributed by atoms with van der Waals surface area (Å²) in [5.41, 5.74) is 1.09. The summed E-state index contributed by atoms with van der Waals surface area (Å²) >= 11 is 0. The van der Waals surface area contributed by atoms with E-state index in [1.54, 1.807) is 18.2 Å². The molecule has 11 heteroatoms. The first-order chi connectivity index (χ1) is 16.3. The van der Waals surface area contributed by atoms with E-state index in [1.165, 1.54) is 16.6 Å². The summed E-state index contributed by atoms with van der Waals surface area (Å²) in [5, 5.41) is 11.6. The van der Waals surface area contributed by atoms with Gasteiger partial charge in [-0.3, -0.25) is 9.89 Å². The van der Waals surface area contributed by atoms with Crippen LogP contribution in [0.3, 0.4) is 0 Å². The Morgan fingerprint density at radius 1 is 1.12 bits per heavy atom. The van der Waals surface area contributed by atoms with Crippen LogP contribution < -0.4 is 5.32 Å². The number of nitrogens with one attached hydrogen (secondary N) is 2. The van der Waals surface area contributed by atoms with Crippen LogP contribution in [0.2, 0.25) is 0 Å². The Morgan fingerprint density at radius 2 is 1.82 bits per heavy atom. The van der Waals surface area contributed by atoms with Gasteiger partial charge in [0.1, 0.15) is 23.4 Å². The SMILES string of the molecule is CS(=O)(=O)N1CCC(Nc2n[nH]c3c2nc(-c2c(F)cccc2F)c2cc(C=O)ccc23)CC1. The first-order valence-corrected chi connectivity index (χ1v) is 12.5. The molecule has 4 aromatic rings. The van der Waals surface area contributed by atoms with Crippen molar-refractivity contribution in [1.29, 1.82) is 0 Å². The van der Waals surface area contributed by atoms with Crippen molar-refractivity contribution in [3.8, 4) is 11.3 Å². The Labute approximate surface area is 194 Å². The van der Waals surface area contributed by atoms with E-state index < -0.39 is 21.7 Å². The minimum absolute atomic E-state index is 0.0481. The summed E-state index contributed by atoms with van der Waals surface area (Å²) in [7, 11) is -3.24. The maximum absolute atomic E-state index is 14.7. The number of H-pyrrole nitrogens is 1. The highest BCUT2D eigenvalue weighted by atomic mass is 32.2. The molecular formula is C23H21F2N5O3S. The van der Waals surface area contributed by atoms with Crippen LogP contribution in [0.25, 0.3) is 33.1 Å². The predicted molar refractivity (Wildman–Crippen MR) is 125 cm³/mol. The molecule has 1 aliphatic heterocycles. The van der Waals surface area contributed by atoms with Gasteiger partial charge in [0.15, 0.2) is 5.82 Å². The molecule has 0 atom stereocenters. The number of fused-ring (bicyclic) bond motifs is 3. The van der Waals surface area contributed by atoms with Gasteiger partial charge in [-0.25, -0.2) is 26.5 Å². The highest BCUT2D eigenvalue weighted by Crippen LogP contribution is 2.36. The van der Waals surface area contributed by atoms with E-state index in [2.05, 4.69) is 20.5 Å². The molecule has 1 fully saturated rings. The summed E-state index contributed by atoms with van der Waals surface area (Å²) in [5.74, 6) is -1.13. The number of nitrogens with zero attached hydrogens (tertiary/aromatic N) is 3. The number of pyridine rings is 1. The number of hydrogen-bond donors (Lipinski definition) is 2. The molecule has 0 saturated carbocycles. The average molecular weight is 486 g/mol. The van der Waals surface area contributed by atoms with Gasteiger partial charge in [-0.1, -0.05) is 18.2 Å². The van der Waals surface area contributed by atoms with Crippen LogP contribution in [0.1, 0.15) is 23.2 Å². The third-order valence-electron chi connectivity index (χ3n) is 6.13. The van der Waals surface area contributed by atoms with Gasteiger partial charge >= 0.3 is 0 Å². The van der Waals surface area contributed by atoms with E-state index in [0.29, 0.717) is 65.4 Å². The second-order valence-corrected chi connectivity index (χ2v) is 10.3. The molecule has 1 saturated heterocycles. The van der Waals surface area contributed by atoms with Crippen molar-refractivity contribution in [1.82, 2.24) is 19.5 Å². The van der Waals surface area contributed by atoms with Crippen LogP contribution in [0.4, 0.5) is 14.6 Å². The lowest BCUT2D eigenvalue weighted by atomic mass is 10.00. The van der Waals surface area contributed by atoms with Crippen molar-refractivity contribution in [3.63, 3.8) is 0 Å². The quantitative estimate of drug-likeness (QED) is 0.418. The molecule has 3 heterocycles. The van der Waals surface area contributed by atoms with E-state index in [1.807, 2.05) is 0 Å². The molecule has 0 unspecified atom stereocenters. The summed E-state index contributed by atoms with van der Waals surface area (Å²) in [6, 6.07) is 8.40. The van der Waals surface area contributed by atoms with Gasteiger partial charge in [-0.15, -0.1) is 0 Å². The van der Waals surface area contributed by atoms with Crippen LogP contribution in [-0.2, 0) is 10.0 Å². The lowest BCUT2D eigenvalue weighted by Gasteiger charge is -2.30. The normalized spacial score (nSPS) is 15.7. The Hall–Kier alpha value is -3.44. The minimum Gasteiger partial charge on any atom is -0.364 e. The van der Waals surface area contributed by atoms with Crippen molar-refractivity contribution in [3.05, 3.63) is 53.6 Å². The molecule has 0 radical (unpaired) electrons. The third-order valence-corrected chi connectivity index (χ3v) is 7.43. The van der Waals surface area contributed by atoms with Gasteiger partial charge < -0.3 is 5.32 Å². The summed E-state index contributed by atoms with van der Waals surface area (Å²) < 4.78 is 54.5. The van der Waals surface area contributed by atoms with E-state index in [9.17, 15) is 22.0 Å². The number of sulfonamides is 1. The number of rotatable bonds is 5. The molecule has 1 aliphatic rings. The number of anilines is 1. The lowest BCUT2D eigenvalue weighted by Crippen LogP contribution is -2.41. The molecule has 176 valence electrons. The number of aldehydes is 1. The van der Waals surface area contributed by atoms with Crippen LogP contribution in [0.15, 0.2) is 36.4 Å². The fourth-order valence-corrected chi connectivity index (χ4v) is 5.27. The fraction of sp³-hybridized carbons (Fsp3) is 0.261. The Morgan fingerprint density at radius 3 is 2.47 bits per heavy atom. The molecule has 0 bridgehead atoms. The predicted octanol–water partition coefficient (Wildman–Crippen LogP) is 3.70. The molecule has 2 aromatic carbocycles. The number of benzene rings is 2. The van der Waals surface area contributed by atoms with E-state index in [0.717, 1.165) is 12.1 Å². The maximum atomic E-state index is 14.7. The number of aromatic nitrogens is 3. The summed E-state index contributed by atoms with van der Waals surface area (Å²) in [6.45, 7) is 0.769. The third kappa shape index (κ3) is 3.90. The van der Waals surface area contributed by atoms with Gasteiger partial charge in [-0.05, 0) is 31.0 Å². The minimum atomic E-state index is -3.24. The van der Waals surface area contributed by atoms with Crippen molar-refractivity contribution < 1.29 is 22.0 Å². The zero-order valence-corrected chi connectivity index (χ0v) is 19.0. The van der Waals surface area contributed by atoms with E-state index in [4.69, 9.17) is 0 Å². The van der Waals surface area contributed by atoms with Gasteiger partial charge in [-0.2, -0.15) is 5.10 Å². The zero-order chi connectivity index (χ0) is 24.0. The molecule has 8 nitrogen and oxygen atoms in total. The molecule has 5 rings (SSSR count). The van der Waals surface area contributed by atoms with Crippen molar-refractivity contribution in [2.24, 2.45) is 0 Å². The standard InChI is InChI=1S/C23H21F2N5O3S/c1-34(32,33)30-9-7-14(8-10-30)26-23-22-21(28-29-23)15-6-5-13(12-31)11-16(15)20(27-22)19-17(24)3-2-4-18(19)25/h2-6,11-12,14H,7-10H2,1H3,(H2,26,28,29). The van der Waals surface area contributed by atoms with Crippen molar-refractivity contribution in [2.45, 2.75) is 18.9 Å². The first kappa shape index (κ1) is 22.4. The first-order valence-electron chi connectivity index (χ1n) is 10.7. The smallest absolute Gasteiger partial charge is 0.211 e. The molecular weight excluding hydrogens is 464 g/mol. The summed E-state index contributed by atoms with van der Waals surface area (Å²) in [6.07, 6.45) is 3.00. The van der Waals surface area contributed by atoms with Crippen LogP contribution in [0.5, 0.6) is 0 Å². The molecule has 0 spiro atoms. The van der Waals surface area contributed by atoms with Crippen LogP contribution in [0, 0.1) is 11.6 Å². The zero-order valence-electron chi connectivity index (χ0n) is 18.2. The van der Waals surface area contributed by atoms with Crippen LogP contribution in [-0.4, -0.2) is 59.6 Å². The largest absolute Gasteiger partial charge is 0.364 e. The topological polar surface area (TPSA) is 108 Å². The van der Waals surface area contributed by atoms with Crippen molar-refractivity contribution >= 4 is 43.9 Å². The lowest BCUT2D eigenvalue weighted by molar-refractivity contribution is 0.112. The van der Waals surface area contributed by atoms with Gasteiger partial charge in [0.05, 0.1) is 23.0 Å². The Bertz CT molecular complexity index is 1510. The molecule has 2 N–H and O–H groups in total. The molecule has 34 heavy (non-hydrogen) atoms. The average Bonchev–Trinajstić information content (AvgIpc) is 3.21. The van der Waals surface area contributed by atoms with Crippen LogP contribution >= 0.6 is 0 Å². The number of carbonyl (C=O) groups excluding carboxylic acids is 1. The Balaban J connectivity index is 1.62. The van der Waals surface area contributed by atoms with Gasteiger partial charge in [0, 0.05) is 35.5 Å². The number of piperidine rings is 1. The second-order valence-electron chi connectivity index (χ2n) is 8.36. The molecule has 0 amide bonds. The molecule has 0 aliphatic carbocycles. The van der Waals surface area contributed by atoms with E-state index in [-0.39, 0.29) is 17.3 Å². The van der Waals surface area contributed by atoms with Gasteiger partial charge in [0.25, 0.3) is 0 Å². The maximum Gasteiger partial charge on any atom is 0.211 e. The number of halogens is 2. The van der Waals surface area contributed by atoms with E-state index >= 15 is 0 Å². The van der Waals surface area contributed by atoms with Gasteiger partial charge in [0.2, 0.25) is 10.0 Å². The number of aromatic amines is 1. The monoisotopic (exact) mass is 485 g/mol. The number of carbonyl (C=O) groups is 1. The fourth-order valence-electron chi connectivity index (χ4n) is 4.39. The second kappa shape index (κ2) is 8.41. The van der Waals surface area contributed by atoms with Crippen molar-refractivity contribution in [2.75, 3.05) is 24.7 Å². The Kier molecular flexibility index (Phi) is 5.53.